The summed E-state index contributed by atoms with van der Waals surface area (Å²) in [7, 11) is 0. The minimum absolute atomic E-state index is 0.0342. The molecule has 1 amide bonds. The number of pyridine rings is 1. The Labute approximate surface area is 192 Å². The molecular weight excluding hydrogens is 416 g/mol. The Balaban J connectivity index is 1.46. The van der Waals surface area contributed by atoms with E-state index in [-0.39, 0.29) is 23.3 Å². The first-order valence-electron chi connectivity index (χ1n) is 11.4. The molecule has 1 aromatic heterocycles. The van der Waals surface area contributed by atoms with Gasteiger partial charge < -0.3 is 15.5 Å². The van der Waals surface area contributed by atoms with Gasteiger partial charge in [-0.1, -0.05) is 37.1 Å². The molecule has 0 radical (unpaired) electrons. The molecular formula is C26H27N4O3+. The molecule has 2 atom stereocenters. The maximum Gasteiger partial charge on any atom is 0.347 e. The number of phenolic OH excluding ortho intramolecular Hbond substituents is 1. The molecule has 1 fully saturated rings. The van der Waals surface area contributed by atoms with Gasteiger partial charge in [0.25, 0.3) is 5.91 Å². The van der Waals surface area contributed by atoms with Gasteiger partial charge in [-0.05, 0) is 47.0 Å². The lowest BCUT2D eigenvalue weighted by molar-refractivity contribution is -0.438. The number of carbonyl (C=O) groups is 1. The average molecular weight is 444 g/mol. The quantitative estimate of drug-likeness (QED) is 0.515. The van der Waals surface area contributed by atoms with Gasteiger partial charge in [-0.25, -0.2) is 0 Å². The van der Waals surface area contributed by atoms with Crippen LogP contribution in [0.2, 0.25) is 0 Å². The minimum Gasteiger partial charge on any atom is -0.506 e. The predicted octanol–water partition coefficient (Wildman–Crippen LogP) is 4.19. The van der Waals surface area contributed by atoms with Gasteiger partial charge in [-0.3, -0.25) is 4.79 Å². The fourth-order valence-corrected chi connectivity index (χ4v) is 4.63. The number of rotatable bonds is 5. The number of nitrogens with one attached hydrogen (secondary N) is 1. The van der Waals surface area contributed by atoms with E-state index in [9.17, 15) is 15.0 Å². The number of fused-ring (bicyclic) bond motifs is 1. The molecule has 1 aliphatic heterocycles. The first-order valence-corrected chi connectivity index (χ1v) is 11.4. The third-order valence-electron chi connectivity index (χ3n) is 6.42. The third-order valence-corrected chi connectivity index (χ3v) is 6.42. The molecule has 2 aromatic carbocycles. The number of hydrogen-bond donors (Lipinski definition) is 3. The fourth-order valence-electron chi connectivity index (χ4n) is 4.63. The van der Waals surface area contributed by atoms with Crippen molar-refractivity contribution in [1.29, 1.82) is 0 Å². The van der Waals surface area contributed by atoms with Gasteiger partial charge >= 0.3 is 5.82 Å². The normalized spacial score (nSPS) is 20.1. The highest BCUT2D eigenvalue weighted by Crippen LogP contribution is 2.33. The van der Waals surface area contributed by atoms with Gasteiger partial charge in [-0.15, -0.1) is 9.81 Å². The lowest BCUT2D eigenvalue weighted by atomic mass is 9.91. The van der Waals surface area contributed by atoms with E-state index in [0.29, 0.717) is 24.8 Å². The smallest absolute Gasteiger partial charge is 0.347 e. The first-order chi connectivity index (χ1) is 16.1. The number of hydrogen-bond acceptors (Lipinski definition) is 5. The van der Waals surface area contributed by atoms with Gasteiger partial charge in [0.05, 0.1) is 17.7 Å². The van der Waals surface area contributed by atoms with Crippen LogP contribution in [-0.4, -0.2) is 44.5 Å². The Morgan fingerprint density at radius 1 is 1.12 bits per heavy atom. The number of aliphatic hydroxyl groups excluding tert-OH is 1. The predicted molar refractivity (Wildman–Crippen MR) is 125 cm³/mol. The van der Waals surface area contributed by atoms with Crippen molar-refractivity contribution in [3.63, 3.8) is 0 Å². The number of benzene rings is 2. The van der Waals surface area contributed by atoms with Gasteiger partial charge in [0, 0.05) is 23.4 Å². The van der Waals surface area contributed by atoms with Crippen LogP contribution < -0.4 is 5.32 Å². The molecule has 2 aliphatic rings. The molecule has 0 bridgehead atoms. The van der Waals surface area contributed by atoms with E-state index in [1.165, 1.54) is 0 Å². The monoisotopic (exact) mass is 443 g/mol. The molecule has 1 saturated carbocycles. The van der Waals surface area contributed by atoms with E-state index in [4.69, 9.17) is 0 Å². The second-order valence-electron chi connectivity index (χ2n) is 8.66. The summed E-state index contributed by atoms with van der Waals surface area (Å²) in [4.78, 5) is 17.6. The molecule has 3 N–H and O–H groups in total. The highest BCUT2D eigenvalue weighted by molar-refractivity contribution is 6.05. The van der Waals surface area contributed by atoms with Gasteiger partial charge in [0.1, 0.15) is 24.7 Å². The molecule has 5 rings (SSSR count). The summed E-state index contributed by atoms with van der Waals surface area (Å²) in [5, 5.41) is 30.0. The number of azo groups is 2. The molecule has 1 aliphatic carbocycles. The zero-order valence-electron chi connectivity index (χ0n) is 18.3. The van der Waals surface area contributed by atoms with Crippen molar-refractivity contribution in [1.82, 2.24) is 10.3 Å². The average Bonchev–Trinajstić information content (AvgIpc) is 3.38. The number of aliphatic hydroxyl groups is 1. The van der Waals surface area contributed by atoms with Crippen LogP contribution in [0.25, 0.3) is 10.8 Å². The molecule has 2 heterocycles. The van der Waals surface area contributed by atoms with Crippen LogP contribution in [0.3, 0.4) is 0 Å². The van der Waals surface area contributed by atoms with Crippen LogP contribution in [0.5, 0.6) is 5.75 Å². The van der Waals surface area contributed by atoms with Crippen molar-refractivity contribution in [3.8, 4) is 5.75 Å². The molecule has 7 heteroatoms. The van der Waals surface area contributed by atoms with E-state index in [2.05, 4.69) is 15.4 Å². The van der Waals surface area contributed by atoms with Crippen molar-refractivity contribution in [3.05, 3.63) is 77.6 Å². The number of amides is 1. The van der Waals surface area contributed by atoms with Crippen molar-refractivity contribution in [2.45, 2.75) is 44.2 Å². The minimum atomic E-state index is -0.549. The fraction of sp³-hybridized carbons (Fsp3) is 0.308. The Kier molecular flexibility index (Phi) is 5.88. The largest absolute Gasteiger partial charge is 0.506 e. The molecule has 168 valence electrons. The van der Waals surface area contributed by atoms with E-state index in [1.807, 2.05) is 54.9 Å². The summed E-state index contributed by atoms with van der Waals surface area (Å²) in [5.74, 6) is 0.364. The Bertz CT molecular complexity index is 1250. The zero-order chi connectivity index (χ0) is 22.8. The third kappa shape index (κ3) is 4.36. The van der Waals surface area contributed by atoms with Gasteiger partial charge in [-0.2, -0.15) is 0 Å². The molecule has 0 saturated heterocycles. The lowest BCUT2D eigenvalue weighted by Gasteiger charge is -2.28. The molecule has 0 unspecified atom stereocenters. The molecule has 3 aromatic rings. The van der Waals surface area contributed by atoms with Crippen molar-refractivity contribution >= 4 is 22.5 Å². The summed E-state index contributed by atoms with van der Waals surface area (Å²) in [6.45, 7) is 0.658. The first kappa shape index (κ1) is 21.3. The Hall–Kier alpha value is -3.58. The van der Waals surface area contributed by atoms with Crippen molar-refractivity contribution < 1.29 is 19.7 Å². The summed E-state index contributed by atoms with van der Waals surface area (Å²) in [6.07, 6.45) is 9.05. The second-order valence-corrected chi connectivity index (χ2v) is 8.66. The van der Waals surface area contributed by atoms with E-state index >= 15 is 0 Å². The summed E-state index contributed by atoms with van der Waals surface area (Å²) in [5.41, 5.74) is 2.15. The molecule has 0 spiro atoms. The summed E-state index contributed by atoms with van der Waals surface area (Å²) >= 11 is 0. The summed E-state index contributed by atoms with van der Waals surface area (Å²) < 4.78 is 1.75. The number of nitrogens with zero attached hydrogens (tertiary/aromatic N) is 3. The number of phenols is 1. The number of aromatic hydroxyl groups is 1. The van der Waals surface area contributed by atoms with Crippen LogP contribution in [0, 0.1) is 0 Å². The highest BCUT2D eigenvalue weighted by Gasteiger charge is 2.26. The van der Waals surface area contributed by atoms with E-state index in [1.54, 1.807) is 10.8 Å². The molecule has 7 nitrogen and oxygen atoms in total. The molecule has 33 heavy (non-hydrogen) atoms. The number of carbonyl (C=O) groups excluding carboxylic acids is 1. The Morgan fingerprint density at radius 2 is 1.94 bits per heavy atom. The standard InChI is InChI=1S/C26H26N4O3/c31-23-9-4-3-8-22(23)29-26(33)21-15-18(19-6-1-2-7-20(19)25(21)32)14-17-10-11-24(27-16-17)30-13-5-12-28-30/h1-2,5-7,10-11,13,15-16,22-23,31H,3-4,8-9,12,14H2,(H-,29,32,33)/p+1/t22-,23-/m0/s1. The van der Waals surface area contributed by atoms with Gasteiger partial charge in [0.15, 0.2) is 0 Å². The van der Waals surface area contributed by atoms with Crippen LogP contribution in [0.1, 0.15) is 47.2 Å². The van der Waals surface area contributed by atoms with Crippen LogP contribution in [-0.2, 0) is 6.42 Å². The van der Waals surface area contributed by atoms with Gasteiger partial charge in [0.2, 0.25) is 0 Å². The van der Waals surface area contributed by atoms with Crippen LogP contribution in [0.4, 0.5) is 5.82 Å². The van der Waals surface area contributed by atoms with Crippen molar-refractivity contribution in [2.24, 2.45) is 5.11 Å². The Morgan fingerprint density at radius 3 is 2.67 bits per heavy atom. The van der Waals surface area contributed by atoms with E-state index < -0.39 is 6.10 Å². The van der Waals surface area contributed by atoms with Crippen LogP contribution in [0.15, 0.2) is 66.1 Å². The van der Waals surface area contributed by atoms with E-state index in [0.717, 1.165) is 41.6 Å². The van der Waals surface area contributed by atoms with Crippen LogP contribution >= 0.6 is 0 Å². The maximum absolute atomic E-state index is 13.1. The summed E-state index contributed by atoms with van der Waals surface area (Å²) in [6, 6.07) is 12.9. The SMILES string of the molecule is O=C(N[C@H]1CCCC[C@@H]1O)c1cc(Cc2ccc([N+]3=NCC=C3)nc2)c2ccccc2c1O. The topological polar surface area (TPSA) is 97.8 Å². The van der Waals surface area contributed by atoms with Crippen molar-refractivity contribution in [2.75, 3.05) is 6.54 Å². The second kappa shape index (κ2) is 9.11. The maximum atomic E-state index is 13.1. The lowest BCUT2D eigenvalue weighted by Crippen LogP contribution is -2.45. The highest BCUT2D eigenvalue weighted by atomic mass is 16.3. The number of aromatic nitrogens is 1. The zero-order valence-corrected chi connectivity index (χ0v) is 18.3.